The molecule has 2 aromatic rings. The molecule has 0 saturated carbocycles. The Hall–Kier alpha value is -1.74. The van der Waals surface area contributed by atoms with Crippen molar-refractivity contribution in [3.63, 3.8) is 0 Å². The molecule has 0 bridgehead atoms. The number of rotatable bonds is 4. The first-order valence-electron chi connectivity index (χ1n) is 8.27. The average Bonchev–Trinajstić information content (AvgIpc) is 2.55. The number of aryl methyl sites for hydroxylation is 1. The van der Waals surface area contributed by atoms with E-state index in [9.17, 15) is 4.79 Å². The maximum absolute atomic E-state index is 12.7. The zero-order valence-electron chi connectivity index (χ0n) is 13.8. The number of thioether (sulfide) groups is 1. The highest BCUT2D eigenvalue weighted by Crippen LogP contribution is 2.28. The van der Waals surface area contributed by atoms with Gasteiger partial charge in [0.05, 0.1) is 6.42 Å². The van der Waals surface area contributed by atoms with Crippen molar-refractivity contribution < 1.29 is 4.79 Å². The number of anilines is 1. The van der Waals surface area contributed by atoms with Gasteiger partial charge in [-0.15, -0.1) is 11.8 Å². The molecule has 2 nitrogen and oxygen atoms in total. The van der Waals surface area contributed by atoms with E-state index >= 15 is 0 Å². The standard InChI is InChI=1S/C20H23NOS/c1-15(2)23-18-11-9-16(10-12-18)14-20(22)21-13-5-7-17-6-3-4-8-19(17)21/h3-4,6,8-12,15H,5,7,13-14H2,1-2H3. The van der Waals surface area contributed by atoms with Gasteiger partial charge >= 0.3 is 0 Å². The molecule has 3 rings (SSSR count). The van der Waals surface area contributed by atoms with Gasteiger partial charge < -0.3 is 4.90 Å². The van der Waals surface area contributed by atoms with E-state index in [1.807, 2.05) is 22.7 Å². The second-order valence-corrected chi connectivity index (χ2v) is 7.91. The number of benzene rings is 2. The van der Waals surface area contributed by atoms with Crippen LogP contribution in [0.5, 0.6) is 0 Å². The van der Waals surface area contributed by atoms with Gasteiger partial charge in [-0.3, -0.25) is 4.79 Å². The topological polar surface area (TPSA) is 20.3 Å². The molecular weight excluding hydrogens is 302 g/mol. The van der Waals surface area contributed by atoms with E-state index in [0.717, 1.165) is 30.6 Å². The van der Waals surface area contributed by atoms with Crippen LogP contribution in [-0.4, -0.2) is 17.7 Å². The molecule has 120 valence electrons. The van der Waals surface area contributed by atoms with E-state index in [1.54, 1.807) is 0 Å². The molecule has 3 heteroatoms. The fourth-order valence-corrected chi connectivity index (χ4v) is 3.86. The molecule has 1 amide bonds. The molecule has 0 saturated heterocycles. The van der Waals surface area contributed by atoms with E-state index in [2.05, 4.69) is 56.3 Å². The summed E-state index contributed by atoms with van der Waals surface area (Å²) in [5.74, 6) is 0.196. The second-order valence-electron chi connectivity index (χ2n) is 6.26. The molecule has 0 atom stereocenters. The maximum Gasteiger partial charge on any atom is 0.231 e. The van der Waals surface area contributed by atoms with Crippen LogP contribution in [0, 0.1) is 0 Å². The van der Waals surface area contributed by atoms with E-state index in [0.29, 0.717) is 11.7 Å². The zero-order valence-corrected chi connectivity index (χ0v) is 14.6. The third-order valence-electron chi connectivity index (χ3n) is 4.06. The summed E-state index contributed by atoms with van der Waals surface area (Å²) in [6.07, 6.45) is 2.59. The molecule has 23 heavy (non-hydrogen) atoms. The highest BCUT2D eigenvalue weighted by Gasteiger charge is 2.21. The number of hydrogen-bond acceptors (Lipinski definition) is 2. The van der Waals surface area contributed by atoms with Crippen molar-refractivity contribution >= 4 is 23.4 Å². The summed E-state index contributed by atoms with van der Waals surface area (Å²) >= 11 is 1.85. The SMILES string of the molecule is CC(C)Sc1ccc(CC(=O)N2CCCc3ccccc32)cc1. The Bertz CT molecular complexity index is 678. The van der Waals surface area contributed by atoms with Gasteiger partial charge in [-0.2, -0.15) is 0 Å². The first kappa shape index (κ1) is 16.1. The molecule has 0 radical (unpaired) electrons. The van der Waals surface area contributed by atoms with Crippen molar-refractivity contribution in [2.24, 2.45) is 0 Å². The van der Waals surface area contributed by atoms with Crippen LogP contribution in [0.1, 0.15) is 31.4 Å². The summed E-state index contributed by atoms with van der Waals surface area (Å²) in [6, 6.07) is 16.7. The van der Waals surface area contributed by atoms with Crippen LogP contribution in [0.3, 0.4) is 0 Å². The lowest BCUT2D eigenvalue weighted by Crippen LogP contribution is -2.36. The fourth-order valence-electron chi connectivity index (χ4n) is 3.02. The molecule has 0 aromatic heterocycles. The monoisotopic (exact) mass is 325 g/mol. The molecule has 0 fully saturated rings. The minimum absolute atomic E-state index is 0.196. The summed E-state index contributed by atoms with van der Waals surface area (Å²) in [5, 5.41) is 0.576. The molecule has 1 heterocycles. The first-order valence-corrected chi connectivity index (χ1v) is 9.15. The summed E-state index contributed by atoms with van der Waals surface area (Å²) < 4.78 is 0. The van der Waals surface area contributed by atoms with Crippen LogP contribution in [0.2, 0.25) is 0 Å². The largest absolute Gasteiger partial charge is 0.312 e. The van der Waals surface area contributed by atoms with Crippen molar-refractivity contribution in [1.29, 1.82) is 0 Å². The van der Waals surface area contributed by atoms with E-state index in [1.165, 1.54) is 10.5 Å². The molecule has 0 N–H and O–H groups in total. The number of hydrogen-bond donors (Lipinski definition) is 0. The molecular formula is C20H23NOS. The Kier molecular flexibility index (Phi) is 5.06. The van der Waals surface area contributed by atoms with Gasteiger partial charge in [0.2, 0.25) is 5.91 Å². The van der Waals surface area contributed by atoms with Crippen LogP contribution in [-0.2, 0) is 17.6 Å². The third kappa shape index (κ3) is 3.97. The number of carbonyl (C=O) groups is 1. The van der Waals surface area contributed by atoms with Gasteiger partial charge in [0.25, 0.3) is 0 Å². The van der Waals surface area contributed by atoms with E-state index in [-0.39, 0.29) is 5.91 Å². The van der Waals surface area contributed by atoms with Gasteiger partial charge in [0, 0.05) is 22.4 Å². The van der Waals surface area contributed by atoms with Crippen molar-refractivity contribution in [3.8, 4) is 0 Å². The Morgan fingerprint density at radius 3 is 2.61 bits per heavy atom. The van der Waals surface area contributed by atoms with Crippen molar-refractivity contribution in [3.05, 3.63) is 59.7 Å². The molecule has 1 aliphatic heterocycles. The quantitative estimate of drug-likeness (QED) is 0.759. The van der Waals surface area contributed by atoms with Gasteiger partial charge in [0.1, 0.15) is 0 Å². The zero-order chi connectivity index (χ0) is 16.2. The van der Waals surface area contributed by atoms with E-state index < -0.39 is 0 Å². The predicted octanol–water partition coefficient (Wildman–Crippen LogP) is 4.71. The predicted molar refractivity (Wildman–Crippen MR) is 98.3 cm³/mol. The van der Waals surface area contributed by atoms with Crippen LogP contribution in [0.15, 0.2) is 53.4 Å². The lowest BCUT2D eigenvalue weighted by atomic mass is 10.0. The van der Waals surface area contributed by atoms with Gasteiger partial charge in [-0.1, -0.05) is 44.2 Å². The third-order valence-corrected chi connectivity index (χ3v) is 5.08. The van der Waals surface area contributed by atoms with Crippen molar-refractivity contribution in [1.82, 2.24) is 0 Å². The first-order chi connectivity index (χ1) is 11.1. The van der Waals surface area contributed by atoms with Gasteiger partial charge in [-0.25, -0.2) is 0 Å². The van der Waals surface area contributed by atoms with Gasteiger partial charge in [0.15, 0.2) is 0 Å². The van der Waals surface area contributed by atoms with Crippen LogP contribution >= 0.6 is 11.8 Å². The Morgan fingerprint density at radius 2 is 1.87 bits per heavy atom. The molecule has 0 aliphatic carbocycles. The van der Waals surface area contributed by atoms with Crippen LogP contribution in [0.4, 0.5) is 5.69 Å². The number of amides is 1. The number of para-hydroxylation sites is 1. The number of fused-ring (bicyclic) bond motifs is 1. The molecule has 2 aromatic carbocycles. The Morgan fingerprint density at radius 1 is 1.13 bits per heavy atom. The van der Waals surface area contributed by atoms with Gasteiger partial charge in [-0.05, 0) is 42.2 Å². The summed E-state index contributed by atoms with van der Waals surface area (Å²) in [5.41, 5.74) is 3.47. The van der Waals surface area contributed by atoms with Crippen LogP contribution in [0.25, 0.3) is 0 Å². The highest BCUT2D eigenvalue weighted by molar-refractivity contribution is 7.99. The lowest BCUT2D eigenvalue weighted by Gasteiger charge is -2.29. The minimum atomic E-state index is 0.196. The Labute approximate surface area is 142 Å². The van der Waals surface area contributed by atoms with E-state index in [4.69, 9.17) is 0 Å². The average molecular weight is 325 g/mol. The lowest BCUT2D eigenvalue weighted by molar-refractivity contribution is -0.118. The normalized spacial score (nSPS) is 14.0. The smallest absolute Gasteiger partial charge is 0.231 e. The minimum Gasteiger partial charge on any atom is -0.312 e. The molecule has 0 spiro atoms. The summed E-state index contributed by atoms with van der Waals surface area (Å²) in [4.78, 5) is 15.9. The summed E-state index contributed by atoms with van der Waals surface area (Å²) in [7, 11) is 0. The molecule has 0 unspecified atom stereocenters. The molecule has 1 aliphatic rings. The van der Waals surface area contributed by atoms with Crippen LogP contribution < -0.4 is 4.90 Å². The number of nitrogens with zero attached hydrogens (tertiary/aromatic N) is 1. The maximum atomic E-state index is 12.7. The fraction of sp³-hybridized carbons (Fsp3) is 0.350. The summed E-state index contributed by atoms with van der Waals surface area (Å²) in [6.45, 7) is 5.21. The van der Waals surface area contributed by atoms with Crippen molar-refractivity contribution in [2.45, 2.75) is 43.3 Å². The Balaban J connectivity index is 1.70. The second kappa shape index (κ2) is 7.22. The van der Waals surface area contributed by atoms with Crippen molar-refractivity contribution in [2.75, 3.05) is 11.4 Å². The highest BCUT2D eigenvalue weighted by atomic mass is 32.2. The number of carbonyl (C=O) groups excluding carboxylic acids is 1.